The molecule has 190 valence electrons. The second-order valence-electron chi connectivity index (χ2n) is 11.0. The minimum atomic E-state index is -0.400. The van der Waals surface area contributed by atoms with Gasteiger partial charge in [0.1, 0.15) is 6.54 Å². The fraction of sp³-hybridized carbons (Fsp3) is 0.294. The number of benzene rings is 2. The van der Waals surface area contributed by atoms with Crippen LogP contribution in [0.3, 0.4) is 0 Å². The molecule has 0 saturated heterocycles. The number of allylic oxidation sites excluding steroid dienone is 5. The van der Waals surface area contributed by atoms with Crippen LogP contribution in [-0.4, -0.2) is 29.2 Å². The van der Waals surface area contributed by atoms with E-state index < -0.39 is 10.8 Å². The zero-order chi connectivity index (χ0) is 27.6. The standard InChI is InChI=1S/C34H32N2O2/c1-9-21-13-15-27-25(17-21)33(5,6)29(35(27)11-3)19-23-31(37)24(32(23)38)20-30-34(7,8)26-18-22(10-2)14-16-28(26)36(30)12-4/h1-2,13-20H,11-12H2,3-8H3. The van der Waals surface area contributed by atoms with E-state index in [0.717, 1.165) is 45.0 Å². The second kappa shape index (κ2) is 8.64. The van der Waals surface area contributed by atoms with Crippen LogP contribution in [0.4, 0.5) is 11.4 Å². The number of rotatable bonds is 4. The largest absolute Gasteiger partial charge is 0.871 e. The lowest BCUT2D eigenvalue weighted by molar-refractivity contribution is -0.433. The Morgan fingerprint density at radius 3 is 2.16 bits per heavy atom. The van der Waals surface area contributed by atoms with Crippen molar-refractivity contribution in [3.05, 3.63) is 93.4 Å². The van der Waals surface area contributed by atoms with Crippen molar-refractivity contribution in [1.82, 2.24) is 0 Å². The molecule has 0 atom stereocenters. The van der Waals surface area contributed by atoms with Crippen LogP contribution in [0.5, 0.6) is 0 Å². The highest BCUT2D eigenvalue weighted by atomic mass is 16.3. The molecule has 0 amide bonds. The quantitative estimate of drug-likeness (QED) is 0.342. The molecule has 0 unspecified atom stereocenters. The van der Waals surface area contributed by atoms with E-state index in [1.54, 1.807) is 12.2 Å². The third-order valence-electron chi connectivity index (χ3n) is 8.29. The van der Waals surface area contributed by atoms with Crippen LogP contribution in [0.15, 0.2) is 71.2 Å². The molecule has 0 bridgehead atoms. The van der Waals surface area contributed by atoms with Crippen molar-refractivity contribution in [3.8, 4) is 24.7 Å². The summed E-state index contributed by atoms with van der Waals surface area (Å²) in [6, 6.07) is 12.0. The van der Waals surface area contributed by atoms with Crippen molar-refractivity contribution in [3.63, 3.8) is 0 Å². The van der Waals surface area contributed by atoms with Crippen LogP contribution in [0.2, 0.25) is 0 Å². The van der Waals surface area contributed by atoms with Gasteiger partial charge >= 0.3 is 0 Å². The Morgan fingerprint density at radius 1 is 0.947 bits per heavy atom. The maximum Gasteiger partial charge on any atom is 0.209 e. The lowest BCUT2D eigenvalue weighted by atomic mass is 9.77. The molecule has 0 saturated carbocycles. The third kappa shape index (κ3) is 3.41. The fourth-order valence-electron chi connectivity index (χ4n) is 6.10. The Morgan fingerprint density at radius 2 is 1.58 bits per heavy atom. The minimum absolute atomic E-state index is 0.214. The van der Waals surface area contributed by atoms with Crippen molar-refractivity contribution < 1.29 is 14.5 Å². The van der Waals surface area contributed by atoms with Gasteiger partial charge in [0.25, 0.3) is 0 Å². The summed E-state index contributed by atoms with van der Waals surface area (Å²) in [5.74, 6) is 5.00. The molecule has 2 aliphatic heterocycles. The molecule has 0 N–H and O–H groups in total. The van der Waals surface area contributed by atoms with Gasteiger partial charge in [-0.3, -0.25) is 4.79 Å². The highest BCUT2D eigenvalue weighted by molar-refractivity contribution is 6.24. The van der Waals surface area contributed by atoms with E-state index in [-0.39, 0.29) is 22.7 Å². The van der Waals surface area contributed by atoms with E-state index in [2.05, 4.69) is 62.9 Å². The average molecular weight is 501 g/mol. The van der Waals surface area contributed by atoms with E-state index in [1.807, 2.05) is 36.4 Å². The maximum atomic E-state index is 13.4. The SMILES string of the molecule is C#Cc1ccc2c(c1)C(C)(C)C(/C=C1/C(=O)C(/C=C3/N(CC)c4ccc(C#C)cc4C3(C)C)=C1[O-])=[N+]2CC. The molecule has 2 aromatic rings. The molecule has 0 spiro atoms. The number of likely N-dealkylation sites (N-methyl/N-ethyl adjacent to an activating group) is 1. The van der Waals surface area contributed by atoms with Gasteiger partial charge in [-0.25, -0.2) is 0 Å². The lowest BCUT2D eigenvalue weighted by Crippen LogP contribution is -2.35. The number of fused-ring (bicyclic) bond motifs is 2. The minimum Gasteiger partial charge on any atom is -0.871 e. The molecule has 2 aromatic carbocycles. The van der Waals surface area contributed by atoms with E-state index in [9.17, 15) is 9.90 Å². The number of anilines is 1. The molecule has 5 rings (SSSR count). The smallest absolute Gasteiger partial charge is 0.209 e. The van der Waals surface area contributed by atoms with Gasteiger partial charge in [-0.05, 0) is 69.7 Å². The molecule has 38 heavy (non-hydrogen) atoms. The summed E-state index contributed by atoms with van der Waals surface area (Å²) in [5.41, 5.74) is 7.47. The molecule has 0 radical (unpaired) electrons. The first kappa shape index (κ1) is 25.4. The topological polar surface area (TPSA) is 46.4 Å². The summed E-state index contributed by atoms with van der Waals surface area (Å²) in [6.45, 7) is 14.0. The molecule has 4 nitrogen and oxygen atoms in total. The molecule has 4 heteroatoms. The lowest BCUT2D eigenvalue weighted by Gasteiger charge is -2.32. The van der Waals surface area contributed by atoms with Gasteiger partial charge in [-0.15, -0.1) is 12.8 Å². The molecule has 3 aliphatic rings. The van der Waals surface area contributed by atoms with Gasteiger partial charge in [0.2, 0.25) is 5.69 Å². The summed E-state index contributed by atoms with van der Waals surface area (Å²) >= 11 is 0. The molecule has 2 heterocycles. The molecular weight excluding hydrogens is 468 g/mol. The van der Waals surface area contributed by atoms with Gasteiger partial charge in [-0.2, -0.15) is 4.58 Å². The van der Waals surface area contributed by atoms with E-state index in [0.29, 0.717) is 13.1 Å². The van der Waals surface area contributed by atoms with Gasteiger partial charge in [0, 0.05) is 63.3 Å². The van der Waals surface area contributed by atoms with Gasteiger partial charge < -0.3 is 10.0 Å². The van der Waals surface area contributed by atoms with E-state index in [1.165, 1.54) is 0 Å². The number of hydrogen-bond donors (Lipinski definition) is 0. The monoisotopic (exact) mass is 500 g/mol. The Bertz CT molecular complexity index is 1630. The Kier molecular flexibility index (Phi) is 5.77. The van der Waals surface area contributed by atoms with Gasteiger partial charge in [0.05, 0.1) is 5.41 Å². The van der Waals surface area contributed by atoms with Gasteiger partial charge in [-0.1, -0.05) is 31.4 Å². The van der Waals surface area contributed by atoms with Crippen LogP contribution in [0.1, 0.15) is 63.8 Å². The van der Waals surface area contributed by atoms with Crippen molar-refractivity contribution in [2.24, 2.45) is 0 Å². The van der Waals surface area contributed by atoms with Crippen LogP contribution < -0.4 is 10.0 Å². The highest BCUT2D eigenvalue weighted by Gasteiger charge is 2.46. The van der Waals surface area contributed by atoms with E-state index >= 15 is 0 Å². The summed E-state index contributed by atoms with van der Waals surface area (Å²) in [7, 11) is 0. The first-order valence-corrected chi connectivity index (χ1v) is 13.1. The number of carbonyl (C=O) groups is 1. The van der Waals surface area contributed by atoms with Crippen LogP contribution in [0.25, 0.3) is 0 Å². The Labute approximate surface area is 225 Å². The molecule has 0 aromatic heterocycles. The number of Topliss-reactive ketones (excluding diaryl/α,β-unsaturated/α-hetero) is 1. The first-order valence-electron chi connectivity index (χ1n) is 13.1. The summed E-state index contributed by atoms with van der Waals surface area (Å²) in [4.78, 5) is 15.6. The van der Waals surface area contributed by atoms with E-state index in [4.69, 9.17) is 12.8 Å². The number of terminal acetylenes is 2. The summed E-state index contributed by atoms with van der Waals surface area (Å²) in [5, 5.41) is 13.4. The zero-order valence-electron chi connectivity index (χ0n) is 22.9. The number of nitrogens with zero attached hydrogens (tertiary/aromatic N) is 2. The van der Waals surface area contributed by atoms with Crippen LogP contribution in [0, 0.1) is 24.7 Å². The summed E-state index contributed by atoms with van der Waals surface area (Å²) in [6.07, 6.45) is 14.9. The summed E-state index contributed by atoms with van der Waals surface area (Å²) < 4.78 is 2.16. The van der Waals surface area contributed by atoms with Gasteiger partial charge in [0.15, 0.2) is 11.5 Å². The van der Waals surface area contributed by atoms with Crippen molar-refractivity contribution >= 4 is 22.9 Å². The molecule has 1 aliphatic carbocycles. The van der Waals surface area contributed by atoms with Crippen molar-refractivity contribution in [1.29, 1.82) is 0 Å². The zero-order valence-corrected chi connectivity index (χ0v) is 22.9. The normalized spacial score (nSPS) is 20.9. The maximum absolute atomic E-state index is 13.4. The predicted octanol–water partition coefficient (Wildman–Crippen LogP) is 4.87. The van der Waals surface area contributed by atoms with Crippen LogP contribution >= 0.6 is 0 Å². The third-order valence-corrected chi connectivity index (χ3v) is 8.29. The predicted molar refractivity (Wildman–Crippen MR) is 151 cm³/mol. The first-order chi connectivity index (χ1) is 18.0. The second-order valence-corrected chi connectivity index (χ2v) is 11.0. The van der Waals surface area contributed by atoms with Crippen molar-refractivity contribution in [2.45, 2.75) is 52.4 Å². The Hall–Kier alpha value is -4.28. The van der Waals surface area contributed by atoms with Crippen molar-refractivity contribution in [2.75, 3.05) is 18.0 Å². The number of hydrogen-bond acceptors (Lipinski definition) is 3. The molecular formula is C34H32N2O2. The number of ketones is 1. The average Bonchev–Trinajstić information content (AvgIpc) is 3.26. The fourth-order valence-corrected chi connectivity index (χ4v) is 6.10. The number of carbonyl (C=O) groups excluding carboxylic acids is 1. The highest BCUT2D eigenvalue weighted by Crippen LogP contribution is 2.49. The molecule has 0 fully saturated rings. The Balaban J connectivity index is 1.58. The van der Waals surface area contributed by atoms with Crippen LogP contribution in [-0.2, 0) is 15.6 Å².